The van der Waals surface area contributed by atoms with E-state index in [1.165, 1.54) is 0 Å². The van der Waals surface area contributed by atoms with Crippen LogP contribution in [0.5, 0.6) is 0 Å². The molecule has 14 heavy (non-hydrogen) atoms. The van der Waals surface area contributed by atoms with Crippen LogP contribution in [0, 0.1) is 20.8 Å². The third kappa shape index (κ3) is 2.05. The first-order chi connectivity index (χ1) is 6.38. The Morgan fingerprint density at radius 2 is 2.07 bits per heavy atom. The average Bonchev–Trinajstić information content (AvgIpc) is 2.05. The maximum Gasteiger partial charge on any atom is 0.190 e. The van der Waals surface area contributed by atoms with Crippen LogP contribution in [-0.4, -0.2) is 17.7 Å². The standard InChI is InChI=1S/C8H13O5P/c1-4-8(5-2,7(9)10)14(11,12)13-6-3/h1-6H2,(H-,9,10,11,12)/p-1. The fraction of sp³-hybridized carbons (Fsp3) is 0.500. The van der Waals surface area contributed by atoms with Crippen molar-refractivity contribution in [3.8, 4) is 0 Å². The van der Waals surface area contributed by atoms with Crippen molar-refractivity contribution in [2.24, 2.45) is 0 Å². The topological polar surface area (TPSA) is 89.5 Å². The molecule has 0 N–H and O–H groups in total. The molecule has 0 aromatic rings. The summed E-state index contributed by atoms with van der Waals surface area (Å²) in [5.74, 6) is -1.74. The quantitative estimate of drug-likeness (QED) is 0.436. The molecule has 0 saturated heterocycles. The summed E-state index contributed by atoms with van der Waals surface area (Å²) in [6, 6.07) is 0. The van der Waals surface area contributed by atoms with Gasteiger partial charge in [0, 0.05) is 0 Å². The highest BCUT2D eigenvalue weighted by Gasteiger charge is 2.41. The molecule has 0 spiro atoms. The molecular formula is C8H12O5P-. The summed E-state index contributed by atoms with van der Waals surface area (Å²) in [4.78, 5) is 22.2. The smallest absolute Gasteiger partial charge is 0.190 e. The molecule has 0 saturated carbocycles. The minimum Gasteiger partial charge on any atom is -0.778 e. The number of carboxylic acid groups (broad SMARTS) is 1. The summed E-state index contributed by atoms with van der Waals surface area (Å²) in [7, 11) is -4.59. The maximum atomic E-state index is 11.4. The van der Waals surface area contributed by atoms with Gasteiger partial charge in [-0.25, -0.2) is 0 Å². The van der Waals surface area contributed by atoms with Crippen LogP contribution in [0.2, 0.25) is 0 Å². The van der Waals surface area contributed by atoms with Gasteiger partial charge < -0.3 is 26.3 Å². The molecule has 1 unspecified atom stereocenters. The van der Waals surface area contributed by atoms with Crippen molar-refractivity contribution in [1.29, 1.82) is 0 Å². The zero-order valence-corrected chi connectivity index (χ0v) is 8.63. The highest BCUT2D eigenvalue weighted by molar-refractivity contribution is 7.54. The van der Waals surface area contributed by atoms with E-state index in [9.17, 15) is 19.4 Å². The molecule has 0 aliphatic heterocycles. The first-order valence-electron chi connectivity index (χ1n) is 3.93. The van der Waals surface area contributed by atoms with Gasteiger partial charge in [-0.1, -0.05) is 0 Å². The lowest BCUT2D eigenvalue weighted by molar-refractivity contribution is -0.312. The van der Waals surface area contributed by atoms with E-state index in [0.29, 0.717) is 0 Å². The number of carbonyl (C=O) groups excluding carboxylic acids is 1. The van der Waals surface area contributed by atoms with Gasteiger partial charge in [0.05, 0.1) is 25.0 Å². The second-order valence-electron chi connectivity index (χ2n) is 2.65. The number of carbonyl (C=O) groups is 1. The SMILES string of the molecule is [CH2+]COP(=O)([O-])C(C[CH2+])(C[CH2-])C(=O)[O-]. The number of hydrogen-bond donors (Lipinski definition) is 0. The van der Waals surface area contributed by atoms with Gasteiger partial charge in [0.15, 0.2) is 14.2 Å². The van der Waals surface area contributed by atoms with Crippen LogP contribution in [0.25, 0.3) is 0 Å². The lowest BCUT2D eigenvalue weighted by atomic mass is 10.0. The molecule has 0 aliphatic rings. The van der Waals surface area contributed by atoms with E-state index in [2.05, 4.69) is 25.3 Å². The summed E-state index contributed by atoms with van der Waals surface area (Å²) < 4.78 is 15.7. The van der Waals surface area contributed by atoms with Gasteiger partial charge in [-0.2, -0.15) is 6.42 Å². The van der Waals surface area contributed by atoms with Gasteiger partial charge >= 0.3 is 0 Å². The van der Waals surface area contributed by atoms with E-state index in [4.69, 9.17) is 0 Å². The van der Waals surface area contributed by atoms with E-state index in [1.807, 2.05) is 0 Å². The van der Waals surface area contributed by atoms with E-state index in [0.717, 1.165) is 0 Å². The Kier molecular flexibility index (Phi) is 4.52. The van der Waals surface area contributed by atoms with Gasteiger partial charge in [0.1, 0.15) is 6.42 Å². The third-order valence-corrected chi connectivity index (χ3v) is 4.19. The zero-order chi connectivity index (χ0) is 11.4. The predicted molar refractivity (Wildman–Crippen MR) is 46.6 cm³/mol. The Hall–Kier alpha value is -0.640. The maximum absolute atomic E-state index is 11.4. The zero-order valence-electron chi connectivity index (χ0n) is 7.73. The first-order valence-corrected chi connectivity index (χ1v) is 5.47. The molecule has 0 radical (unpaired) electrons. The third-order valence-electron chi connectivity index (χ3n) is 1.99. The van der Waals surface area contributed by atoms with Crippen LogP contribution < -0.4 is 10.00 Å². The first kappa shape index (κ1) is 13.4. The average molecular weight is 219 g/mol. The van der Waals surface area contributed by atoms with Gasteiger partial charge in [-0.15, -0.1) is 0 Å². The molecule has 6 heteroatoms. The van der Waals surface area contributed by atoms with Crippen molar-refractivity contribution in [2.45, 2.75) is 18.0 Å². The second-order valence-corrected chi connectivity index (χ2v) is 4.76. The van der Waals surface area contributed by atoms with Crippen molar-refractivity contribution in [2.75, 3.05) is 6.61 Å². The summed E-state index contributed by atoms with van der Waals surface area (Å²) in [6.45, 7) is 9.33. The summed E-state index contributed by atoms with van der Waals surface area (Å²) >= 11 is 0. The van der Waals surface area contributed by atoms with E-state index >= 15 is 0 Å². The van der Waals surface area contributed by atoms with Crippen molar-refractivity contribution < 1.29 is 23.9 Å². The Bertz CT molecular complexity index is 246. The molecule has 1 atom stereocenters. The summed E-state index contributed by atoms with van der Waals surface area (Å²) in [5.41, 5.74) is 0. The molecule has 80 valence electrons. The van der Waals surface area contributed by atoms with Crippen LogP contribution in [0.1, 0.15) is 12.8 Å². The summed E-state index contributed by atoms with van der Waals surface area (Å²) in [6.07, 6.45) is -0.779. The lowest BCUT2D eigenvalue weighted by Gasteiger charge is -2.42. The van der Waals surface area contributed by atoms with Crippen molar-refractivity contribution in [3.63, 3.8) is 0 Å². The minimum atomic E-state index is -4.59. The van der Waals surface area contributed by atoms with Gasteiger partial charge in [0.25, 0.3) is 0 Å². The number of aliphatic carboxylic acids is 1. The number of rotatable bonds is 6. The molecule has 0 amide bonds. The second kappa shape index (κ2) is 4.73. The normalized spacial score (nSPS) is 19.6. The molecule has 5 nitrogen and oxygen atoms in total. The van der Waals surface area contributed by atoms with Crippen LogP contribution in [-0.2, 0) is 13.9 Å². The Morgan fingerprint density at radius 1 is 1.57 bits per heavy atom. The molecule has 0 heterocycles. The fourth-order valence-corrected chi connectivity index (χ4v) is 2.22. The number of carboxylic acids is 1. The molecule has 0 fully saturated rings. The Labute approximate surface area is 83.6 Å². The van der Waals surface area contributed by atoms with Crippen molar-refractivity contribution in [1.82, 2.24) is 0 Å². The van der Waals surface area contributed by atoms with Crippen LogP contribution >= 0.6 is 7.60 Å². The van der Waals surface area contributed by atoms with Gasteiger partial charge in [-0.3, -0.25) is 4.52 Å². The van der Waals surface area contributed by atoms with Crippen LogP contribution in [0.4, 0.5) is 0 Å². The monoisotopic (exact) mass is 219 g/mol. The van der Waals surface area contributed by atoms with Gasteiger partial charge in [0.2, 0.25) is 0 Å². The highest BCUT2D eigenvalue weighted by atomic mass is 31.2. The summed E-state index contributed by atoms with van der Waals surface area (Å²) in [5, 5.41) is 8.59. The molecular weight excluding hydrogens is 207 g/mol. The van der Waals surface area contributed by atoms with Crippen LogP contribution in [0.3, 0.4) is 0 Å². The van der Waals surface area contributed by atoms with Gasteiger partial charge in [-0.05, 0) is 0 Å². The molecule has 0 bridgehead atoms. The predicted octanol–water partition coefficient (Wildman–Crippen LogP) is -0.672. The Morgan fingerprint density at radius 3 is 2.29 bits per heavy atom. The fourth-order valence-electron chi connectivity index (χ4n) is 0.959. The highest BCUT2D eigenvalue weighted by Crippen LogP contribution is 2.54. The molecule has 0 aliphatic carbocycles. The molecule has 0 rings (SSSR count). The van der Waals surface area contributed by atoms with E-state index in [1.54, 1.807) is 0 Å². The van der Waals surface area contributed by atoms with Crippen molar-refractivity contribution in [3.05, 3.63) is 20.8 Å². The molecule has 0 aromatic heterocycles. The van der Waals surface area contributed by atoms with E-state index < -0.39 is 18.7 Å². The lowest BCUT2D eigenvalue weighted by Crippen LogP contribution is -2.50. The number of hydrogen-bond acceptors (Lipinski definition) is 5. The molecule has 0 aromatic carbocycles. The van der Waals surface area contributed by atoms with E-state index in [-0.39, 0.29) is 19.4 Å². The van der Waals surface area contributed by atoms with Crippen molar-refractivity contribution >= 4 is 13.6 Å². The minimum absolute atomic E-state index is 0.365. The Balaban J connectivity index is 5.18. The van der Waals surface area contributed by atoms with Crippen LogP contribution in [0.15, 0.2) is 0 Å². The largest absolute Gasteiger partial charge is 0.778 e.